The lowest BCUT2D eigenvalue weighted by molar-refractivity contribution is -0.121. The summed E-state index contributed by atoms with van der Waals surface area (Å²) < 4.78 is 0. The molecule has 1 fully saturated rings. The maximum absolute atomic E-state index is 11.5. The van der Waals surface area contributed by atoms with Gasteiger partial charge < -0.3 is 5.32 Å². The van der Waals surface area contributed by atoms with Crippen LogP contribution in [0, 0.1) is 28.6 Å². The molecule has 1 aromatic rings. The van der Waals surface area contributed by atoms with Crippen LogP contribution in [0.2, 0.25) is 0 Å². The molecule has 1 heterocycles. The Labute approximate surface area is 167 Å². The second-order valence-corrected chi connectivity index (χ2v) is 7.88. The van der Waals surface area contributed by atoms with Gasteiger partial charge in [-0.2, -0.15) is 10.5 Å². The molecular formula is C23H28N4O. The lowest BCUT2D eigenvalue weighted by atomic mass is 9.84. The Bertz CT molecular complexity index is 794. The number of rotatable bonds is 6. The lowest BCUT2D eigenvalue weighted by Gasteiger charge is -2.32. The molecule has 1 N–H and O–H groups in total. The van der Waals surface area contributed by atoms with Crippen molar-refractivity contribution in [3.8, 4) is 12.1 Å². The fourth-order valence-corrected chi connectivity index (χ4v) is 4.28. The van der Waals surface area contributed by atoms with Crippen molar-refractivity contribution in [2.75, 3.05) is 19.6 Å². The van der Waals surface area contributed by atoms with E-state index in [9.17, 15) is 4.79 Å². The molecule has 0 bridgehead atoms. The molecular weight excluding hydrogens is 348 g/mol. The lowest BCUT2D eigenvalue weighted by Crippen LogP contribution is -2.38. The van der Waals surface area contributed by atoms with E-state index in [0.717, 1.165) is 63.2 Å². The Kier molecular flexibility index (Phi) is 7.23. The molecule has 1 saturated carbocycles. The number of amides is 1. The van der Waals surface area contributed by atoms with Crippen LogP contribution in [0.25, 0.3) is 5.57 Å². The summed E-state index contributed by atoms with van der Waals surface area (Å²) in [5, 5.41) is 20.6. The van der Waals surface area contributed by atoms with Gasteiger partial charge in [0.05, 0.1) is 17.7 Å². The number of benzene rings is 1. The zero-order valence-electron chi connectivity index (χ0n) is 16.4. The Hall–Kier alpha value is -2.63. The van der Waals surface area contributed by atoms with Gasteiger partial charge in [0.2, 0.25) is 5.91 Å². The Balaban J connectivity index is 1.39. The van der Waals surface area contributed by atoms with E-state index in [4.69, 9.17) is 10.5 Å². The molecule has 0 atom stereocenters. The third-order valence-corrected chi connectivity index (χ3v) is 5.96. The predicted molar refractivity (Wildman–Crippen MR) is 109 cm³/mol. The molecule has 3 rings (SSSR count). The quantitative estimate of drug-likeness (QED) is 0.822. The van der Waals surface area contributed by atoms with E-state index >= 15 is 0 Å². The molecule has 0 saturated heterocycles. The highest BCUT2D eigenvalue weighted by Gasteiger charge is 2.23. The number of carbonyl (C=O) groups excluding carboxylic acids is 1. The van der Waals surface area contributed by atoms with Crippen molar-refractivity contribution in [1.29, 1.82) is 10.5 Å². The molecule has 5 nitrogen and oxygen atoms in total. The second-order valence-electron chi connectivity index (χ2n) is 7.88. The number of carbonyl (C=O) groups is 1. The van der Waals surface area contributed by atoms with Gasteiger partial charge in [-0.25, -0.2) is 0 Å². The first-order chi connectivity index (χ1) is 13.7. The summed E-state index contributed by atoms with van der Waals surface area (Å²) in [5.74, 6) is 0.601. The summed E-state index contributed by atoms with van der Waals surface area (Å²) in [5.41, 5.74) is 3.25. The van der Waals surface area contributed by atoms with Gasteiger partial charge in [-0.1, -0.05) is 18.2 Å². The van der Waals surface area contributed by atoms with Gasteiger partial charge in [-0.05, 0) is 74.3 Å². The molecule has 0 spiro atoms. The van der Waals surface area contributed by atoms with E-state index in [1.54, 1.807) is 0 Å². The van der Waals surface area contributed by atoms with Gasteiger partial charge in [0.15, 0.2) is 0 Å². The summed E-state index contributed by atoms with van der Waals surface area (Å²) in [4.78, 5) is 14.0. The smallest absolute Gasteiger partial charge is 0.234 e. The molecule has 1 aromatic carbocycles. The van der Waals surface area contributed by atoms with Gasteiger partial charge in [-0.15, -0.1) is 0 Å². The molecule has 1 aliphatic carbocycles. The van der Waals surface area contributed by atoms with Crippen LogP contribution in [0.1, 0.15) is 56.1 Å². The number of nitrogens with one attached hydrogen (secondary N) is 1. The van der Waals surface area contributed by atoms with Gasteiger partial charge >= 0.3 is 0 Å². The topological polar surface area (TPSA) is 79.9 Å². The highest BCUT2D eigenvalue weighted by molar-refractivity contribution is 5.78. The van der Waals surface area contributed by atoms with Gasteiger partial charge in [-0.3, -0.25) is 9.69 Å². The first-order valence-electron chi connectivity index (χ1n) is 10.3. The van der Waals surface area contributed by atoms with Crippen LogP contribution in [0.4, 0.5) is 0 Å². The van der Waals surface area contributed by atoms with Crippen LogP contribution >= 0.6 is 0 Å². The number of nitrogens with zero attached hydrogens (tertiary/aromatic N) is 3. The van der Waals surface area contributed by atoms with Crippen molar-refractivity contribution in [3.05, 3.63) is 41.5 Å². The third-order valence-electron chi connectivity index (χ3n) is 5.96. The summed E-state index contributed by atoms with van der Waals surface area (Å²) in [6, 6.07) is 12.3. The Morgan fingerprint density at radius 3 is 2.71 bits per heavy atom. The van der Waals surface area contributed by atoms with Crippen molar-refractivity contribution in [2.24, 2.45) is 5.92 Å². The van der Waals surface area contributed by atoms with E-state index < -0.39 is 0 Å². The van der Waals surface area contributed by atoms with Crippen LogP contribution in [-0.2, 0) is 4.79 Å². The average Bonchev–Trinajstić information content (AvgIpc) is 2.74. The van der Waals surface area contributed by atoms with Crippen molar-refractivity contribution >= 4 is 11.5 Å². The summed E-state index contributed by atoms with van der Waals surface area (Å²) >= 11 is 0. The number of hydrogen-bond donors (Lipinski definition) is 1. The van der Waals surface area contributed by atoms with Crippen LogP contribution < -0.4 is 5.32 Å². The number of nitriles is 2. The van der Waals surface area contributed by atoms with Gasteiger partial charge in [0, 0.05) is 19.1 Å². The van der Waals surface area contributed by atoms with Crippen molar-refractivity contribution in [2.45, 2.75) is 51.0 Å². The molecule has 2 aliphatic rings. The Morgan fingerprint density at radius 1 is 1.21 bits per heavy atom. The van der Waals surface area contributed by atoms with E-state index in [-0.39, 0.29) is 18.4 Å². The molecule has 0 unspecified atom stereocenters. The molecule has 0 aromatic heterocycles. The summed E-state index contributed by atoms with van der Waals surface area (Å²) in [7, 11) is 0. The fraction of sp³-hybridized carbons (Fsp3) is 0.522. The first kappa shape index (κ1) is 20.1. The highest BCUT2D eigenvalue weighted by Crippen LogP contribution is 2.28. The number of hydrogen-bond acceptors (Lipinski definition) is 4. The standard InChI is InChI=1S/C23H28N4O/c24-12-8-23(28)26-22-6-4-18(5-7-22)9-13-27-14-10-20(11-15-27)21-3-1-2-19(16-21)17-25/h1-3,10,16,18,22H,4-9,11,13-15H2,(H,26,28)/t18-,22-. The fourth-order valence-electron chi connectivity index (χ4n) is 4.28. The molecule has 28 heavy (non-hydrogen) atoms. The first-order valence-corrected chi connectivity index (χ1v) is 10.3. The zero-order valence-corrected chi connectivity index (χ0v) is 16.4. The summed E-state index contributed by atoms with van der Waals surface area (Å²) in [6.07, 6.45) is 8.90. The van der Waals surface area contributed by atoms with Crippen molar-refractivity contribution < 1.29 is 4.79 Å². The highest BCUT2D eigenvalue weighted by atomic mass is 16.1. The predicted octanol–water partition coefficient (Wildman–Crippen LogP) is 3.63. The minimum atomic E-state index is -0.137. The maximum atomic E-state index is 11.5. The van der Waals surface area contributed by atoms with Gasteiger partial charge in [0.1, 0.15) is 6.42 Å². The largest absolute Gasteiger partial charge is 0.352 e. The van der Waals surface area contributed by atoms with Crippen LogP contribution in [-0.4, -0.2) is 36.5 Å². The van der Waals surface area contributed by atoms with Crippen molar-refractivity contribution in [1.82, 2.24) is 10.2 Å². The van der Waals surface area contributed by atoms with Crippen LogP contribution in [0.15, 0.2) is 30.3 Å². The van der Waals surface area contributed by atoms with E-state index in [0.29, 0.717) is 0 Å². The minimum absolute atomic E-state index is 0.0365. The minimum Gasteiger partial charge on any atom is -0.352 e. The van der Waals surface area contributed by atoms with E-state index in [2.05, 4.69) is 28.4 Å². The third kappa shape index (κ3) is 5.68. The monoisotopic (exact) mass is 376 g/mol. The van der Waals surface area contributed by atoms with Crippen LogP contribution in [0.3, 0.4) is 0 Å². The van der Waals surface area contributed by atoms with E-state index in [1.165, 1.54) is 17.6 Å². The molecule has 146 valence electrons. The van der Waals surface area contributed by atoms with Gasteiger partial charge in [0.25, 0.3) is 0 Å². The maximum Gasteiger partial charge on any atom is 0.234 e. The summed E-state index contributed by atoms with van der Waals surface area (Å²) in [6.45, 7) is 3.17. The zero-order chi connectivity index (χ0) is 19.8. The second kappa shape index (κ2) is 10.1. The van der Waals surface area contributed by atoms with Crippen molar-refractivity contribution in [3.63, 3.8) is 0 Å². The normalized spacial score (nSPS) is 22.6. The van der Waals surface area contributed by atoms with E-state index in [1.807, 2.05) is 24.3 Å². The Morgan fingerprint density at radius 2 is 2.04 bits per heavy atom. The average molecular weight is 377 g/mol. The molecule has 1 amide bonds. The molecule has 5 heteroatoms. The molecule has 0 radical (unpaired) electrons. The van der Waals surface area contributed by atoms with Crippen LogP contribution in [0.5, 0.6) is 0 Å². The molecule has 1 aliphatic heterocycles. The SMILES string of the molecule is N#CCC(=O)N[C@H]1CC[C@H](CCN2CC=C(c3cccc(C#N)c3)CC2)CC1.